The van der Waals surface area contributed by atoms with Crippen LogP contribution in [0.3, 0.4) is 0 Å². The minimum atomic E-state index is -0.436. The highest BCUT2D eigenvalue weighted by Crippen LogP contribution is 2.11. The fourth-order valence-electron chi connectivity index (χ4n) is 2.31. The quantitative estimate of drug-likeness (QED) is 0.318. The van der Waals surface area contributed by atoms with Crippen LogP contribution in [0.25, 0.3) is 0 Å². The van der Waals surface area contributed by atoms with Gasteiger partial charge in [-0.25, -0.2) is 0 Å². The number of H-pyrrole nitrogens is 1. The zero-order valence-electron chi connectivity index (χ0n) is 13.2. The number of nitro benzene ring substituents is 1. The van der Waals surface area contributed by atoms with E-state index in [0.717, 1.165) is 17.8 Å². The molecule has 0 radical (unpaired) electrons. The molecule has 1 aromatic heterocycles. The Balaban J connectivity index is 1.75. The molecule has 0 aliphatic carbocycles. The Bertz CT molecular complexity index is 945. The molecule has 0 aliphatic heterocycles. The van der Waals surface area contributed by atoms with Crippen molar-refractivity contribution >= 4 is 24.1 Å². The predicted molar refractivity (Wildman–Crippen MR) is 97.4 cm³/mol. The summed E-state index contributed by atoms with van der Waals surface area (Å²) in [5.74, 6) is 0.729. The molecule has 0 aliphatic rings. The van der Waals surface area contributed by atoms with Gasteiger partial charge < -0.3 is 0 Å². The maximum atomic E-state index is 10.7. The molecule has 126 valence electrons. The number of nitro groups is 1. The van der Waals surface area contributed by atoms with Crippen LogP contribution in [0, 0.1) is 14.9 Å². The van der Waals surface area contributed by atoms with Gasteiger partial charge in [0, 0.05) is 18.6 Å². The van der Waals surface area contributed by atoms with Gasteiger partial charge in [-0.15, -0.1) is 0 Å². The Morgan fingerprint density at radius 2 is 1.88 bits per heavy atom. The normalized spacial score (nSPS) is 11.0. The van der Waals surface area contributed by atoms with Gasteiger partial charge in [-0.1, -0.05) is 30.3 Å². The number of rotatable bonds is 6. The van der Waals surface area contributed by atoms with Crippen molar-refractivity contribution in [3.05, 3.63) is 86.4 Å². The van der Waals surface area contributed by atoms with Crippen molar-refractivity contribution in [2.75, 3.05) is 0 Å². The smallest absolute Gasteiger partial charge is 0.258 e. The Labute approximate surface area is 148 Å². The Morgan fingerprint density at radius 3 is 2.56 bits per heavy atom. The van der Waals surface area contributed by atoms with Gasteiger partial charge in [0.15, 0.2) is 5.82 Å². The van der Waals surface area contributed by atoms with Crippen molar-refractivity contribution in [3.8, 4) is 0 Å². The fourth-order valence-corrected chi connectivity index (χ4v) is 2.51. The summed E-state index contributed by atoms with van der Waals surface area (Å²) in [6.07, 6.45) is 3.11. The molecular weight excluding hydrogens is 338 g/mol. The Hall–Kier alpha value is -3.13. The lowest BCUT2D eigenvalue weighted by atomic mass is 10.1. The molecule has 1 N–H and O–H groups in total. The number of nitrogens with zero attached hydrogens (tertiary/aromatic N) is 4. The van der Waals surface area contributed by atoms with Crippen LogP contribution in [0.5, 0.6) is 0 Å². The van der Waals surface area contributed by atoms with Crippen LogP contribution < -0.4 is 0 Å². The first-order valence-electron chi connectivity index (χ1n) is 7.62. The molecule has 2 aromatic carbocycles. The molecule has 8 heteroatoms. The van der Waals surface area contributed by atoms with E-state index in [9.17, 15) is 10.1 Å². The summed E-state index contributed by atoms with van der Waals surface area (Å²) in [6, 6.07) is 16.2. The van der Waals surface area contributed by atoms with Gasteiger partial charge >= 0.3 is 0 Å². The topological polar surface area (TPSA) is 89.1 Å². The van der Waals surface area contributed by atoms with Crippen molar-refractivity contribution in [2.45, 2.75) is 12.8 Å². The van der Waals surface area contributed by atoms with Crippen LogP contribution in [0.4, 0.5) is 5.69 Å². The molecule has 0 unspecified atom stereocenters. The first-order chi connectivity index (χ1) is 12.1. The van der Waals surface area contributed by atoms with Crippen LogP contribution in [-0.4, -0.2) is 26.0 Å². The zero-order valence-corrected chi connectivity index (χ0v) is 14.0. The van der Waals surface area contributed by atoms with E-state index in [0.29, 0.717) is 11.2 Å². The maximum Gasteiger partial charge on any atom is 0.269 e. The molecule has 7 nitrogen and oxygen atoms in total. The number of aromatic nitrogens is 3. The van der Waals surface area contributed by atoms with Crippen LogP contribution in [-0.2, 0) is 12.8 Å². The number of aromatic amines is 1. The van der Waals surface area contributed by atoms with Gasteiger partial charge in [-0.2, -0.15) is 14.9 Å². The molecule has 3 aromatic rings. The lowest BCUT2D eigenvalue weighted by Crippen LogP contribution is -2.01. The fraction of sp³-hybridized carbons (Fsp3) is 0.118. The summed E-state index contributed by atoms with van der Waals surface area (Å²) >= 11 is 5.22. The number of benzene rings is 2. The predicted octanol–water partition coefficient (Wildman–Crippen LogP) is 3.52. The highest BCUT2D eigenvalue weighted by molar-refractivity contribution is 7.71. The van der Waals surface area contributed by atoms with E-state index in [1.54, 1.807) is 23.0 Å². The molecule has 0 amide bonds. The van der Waals surface area contributed by atoms with Crippen molar-refractivity contribution in [1.29, 1.82) is 0 Å². The zero-order chi connectivity index (χ0) is 17.6. The molecule has 3 rings (SSSR count). The molecule has 0 atom stereocenters. The van der Waals surface area contributed by atoms with Crippen LogP contribution >= 0.6 is 12.2 Å². The van der Waals surface area contributed by atoms with Crippen LogP contribution in [0.1, 0.15) is 17.0 Å². The van der Waals surface area contributed by atoms with Gasteiger partial charge in [-0.05, 0) is 41.9 Å². The van der Waals surface area contributed by atoms with E-state index in [4.69, 9.17) is 12.2 Å². The first kappa shape index (κ1) is 16.7. The molecule has 0 saturated carbocycles. The van der Waals surface area contributed by atoms with Crippen molar-refractivity contribution in [2.24, 2.45) is 5.10 Å². The summed E-state index contributed by atoms with van der Waals surface area (Å²) in [7, 11) is 0. The van der Waals surface area contributed by atoms with Gasteiger partial charge in [-0.3, -0.25) is 15.2 Å². The van der Waals surface area contributed by atoms with Crippen molar-refractivity contribution in [1.82, 2.24) is 14.9 Å². The second-order valence-corrected chi connectivity index (χ2v) is 5.72. The average Bonchev–Trinajstić information content (AvgIpc) is 2.99. The number of hydrogen-bond acceptors (Lipinski definition) is 5. The highest BCUT2D eigenvalue weighted by atomic mass is 32.1. The van der Waals surface area contributed by atoms with E-state index in [2.05, 4.69) is 27.4 Å². The van der Waals surface area contributed by atoms with Gasteiger partial charge in [0.25, 0.3) is 5.69 Å². The number of non-ortho nitro benzene ring substituents is 1. The summed E-state index contributed by atoms with van der Waals surface area (Å²) in [5.41, 5.74) is 1.99. The molecule has 1 heterocycles. The third-order valence-electron chi connectivity index (χ3n) is 3.62. The third kappa shape index (κ3) is 4.24. The van der Waals surface area contributed by atoms with Crippen molar-refractivity contribution in [3.63, 3.8) is 0 Å². The third-order valence-corrected chi connectivity index (χ3v) is 3.89. The average molecular weight is 353 g/mol. The number of nitrogens with one attached hydrogen (secondary N) is 1. The molecule has 0 bridgehead atoms. The largest absolute Gasteiger partial charge is 0.269 e. The van der Waals surface area contributed by atoms with E-state index >= 15 is 0 Å². The SMILES string of the molecule is O=[N+]([O-])c1ccc(/C=N/n2c(CCc3ccccc3)n[nH]c2=S)cc1. The maximum absolute atomic E-state index is 10.7. The van der Waals surface area contributed by atoms with E-state index in [1.807, 2.05) is 18.2 Å². The standard InChI is InChI=1S/C17H15N5O2S/c23-22(24)15-9-6-14(7-10-15)12-18-21-16(19-20-17(21)25)11-8-13-4-2-1-3-5-13/h1-7,9-10,12H,8,11H2,(H,20,25)/b18-12+. The number of hydrogen-bond donors (Lipinski definition) is 1. The molecule has 25 heavy (non-hydrogen) atoms. The summed E-state index contributed by atoms with van der Waals surface area (Å²) in [6.45, 7) is 0. The first-order valence-corrected chi connectivity index (χ1v) is 8.03. The van der Waals surface area contributed by atoms with E-state index in [1.165, 1.54) is 17.7 Å². The lowest BCUT2D eigenvalue weighted by Gasteiger charge is -2.01. The summed E-state index contributed by atoms with van der Waals surface area (Å²) < 4.78 is 1.97. The van der Waals surface area contributed by atoms with Crippen LogP contribution in [0.2, 0.25) is 0 Å². The monoisotopic (exact) mass is 353 g/mol. The number of aryl methyl sites for hydroxylation is 2. The van der Waals surface area contributed by atoms with E-state index in [-0.39, 0.29) is 5.69 Å². The van der Waals surface area contributed by atoms with E-state index < -0.39 is 4.92 Å². The Morgan fingerprint density at radius 1 is 1.16 bits per heavy atom. The lowest BCUT2D eigenvalue weighted by molar-refractivity contribution is -0.384. The minimum Gasteiger partial charge on any atom is -0.258 e. The van der Waals surface area contributed by atoms with Gasteiger partial charge in [0.05, 0.1) is 11.1 Å². The molecule has 0 fully saturated rings. The Kier molecular flexibility index (Phi) is 5.10. The molecule has 0 spiro atoms. The van der Waals surface area contributed by atoms with Crippen LogP contribution in [0.15, 0.2) is 59.7 Å². The van der Waals surface area contributed by atoms with Gasteiger partial charge in [0.2, 0.25) is 4.77 Å². The highest BCUT2D eigenvalue weighted by Gasteiger charge is 2.06. The van der Waals surface area contributed by atoms with Gasteiger partial charge in [0.1, 0.15) is 0 Å². The summed E-state index contributed by atoms with van der Waals surface area (Å²) in [4.78, 5) is 10.2. The second kappa shape index (κ2) is 7.63. The summed E-state index contributed by atoms with van der Waals surface area (Å²) in [5, 5.41) is 22.0. The van der Waals surface area contributed by atoms with Crippen molar-refractivity contribution < 1.29 is 4.92 Å². The second-order valence-electron chi connectivity index (χ2n) is 5.34. The molecular formula is C17H15N5O2S. The minimum absolute atomic E-state index is 0.0422. The molecule has 0 saturated heterocycles.